The molecule has 1 aromatic carbocycles. The van der Waals surface area contributed by atoms with E-state index < -0.39 is 50.0 Å². The lowest BCUT2D eigenvalue weighted by atomic mass is 9.97. The Labute approximate surface area is 122 Å². The van der Waals surface area contributed by atoms with Crippen LogP contribution < -0.4 is 0 Å². The zero-order valence-corrected chi connectivity index (χ0v) is 11.3. The van der Waals surface area contributed by atoms with Gasteiger partial charge in [0.2, 0.25) is 0 Å². The molecule has 2 rings (SSSR count). The maximum Gasteiger partial charge on any atom is 0.184 e. The molecule has 0 radical (unpaired) electrons. The maximum absolute atomic E-state index is 10.1. The summed E-state index contributed by atoms with van der Waals surface area (Å²) in [4.78, 5) is 0. The van der Waals surface area contributed by atoms with Gasteiger partial charge in [-0.05, 0) is 0 Å². The third-order valence-corrected chi connectivity index (χ3v) is 3.44. The van der Waals surface area contributed by atoms with Crippen LogP contribution in [0.15, 0.2) is 30.3 Å². The lowest BCUT2D eigenvalue weighted by Crippen LogP contribution is -2.57. The molecule has 1 saturated heterocycles. The zero-order valence-electron chi connectivity index (χ0n) is 11.3. The monoisotopic (exact) mass is 300 g/mol. The lowest BCUT2D eigenvalue weighted by Gasteiger charge is -2.42. The Bertz CT molecular complexity index is 407. The Hall–Kier alpha value is -1.06. The summed E-state index contributed by atoms with van der Waals surface area (Å²) in [6.07, 6.45) is -7.24. The highest BCUT2D eigenvalue weighted by atomic mass is 16.7. The average Bonchev–Trinajstić information content (AvgIpc) is 2.54. The fourth-order valence-electron chi connectivity index (χ4n) is 2.28. The van der Waals surface area contributed by atoms with Gasteiger partial charge in [-0.3, -0.25) is 0 Å². The van der Waals surface area contributed by atoms with Gasteiger partial charge in [0, 0.05) is 5.56 Å². The number of hydrogen-bond donors (Lipinski definition) is 5. The van der Waals surface area contributed by atoms with E-state index in [4.69, 9.17) is 19.7 Å². The summed E-state index contributed by atoms with van der Waals surface area (Å²) in [5.41, 5.74) is 0.634. The number of rotatable bonds is 5. The van der Waals surface area contributed by atoms with Gasteiger partial charge in [-0.15, -0.1) is 0 Å². The Morgan fingerprint density at radius 3 is 1.81 bits per heavy atom. The minimum Gasteiger partial charge on any atom is -0.394 e. The van der Waals surface area contributed by atoms with E-state index in [-0.39, 0.29) is 0 Å². The first kappa shape index (κ1) is 16.3. The summed E-state index contributed by atoms with van der Waals surface area (Å²) in [7, 11) is 0. The average molecular weight is 300 g/mol. The third kappa shape index (κ3) is 3.58. The second-order valence-electron chi connectivity index (χ2n) is 4.93. The summed E-state index contributed by atoms with van der Waals surface area (Å²) < 4.78 is 11.0. The summed E-state index contributed by atoms with van der Waals surface area (Å²) in [5.74, 6) is 0. The largest absolute Gasteiger partial charge is 0.394 e. The van der Waals surface area contributed by atoms with Crippen LogP contribution in [-0.4, -0.2) is 69.3 Å². The molecule has 0 amide bonds. The van der Waals surface area contributed by atoms with Gasteiger partial charge >= 0.3 is 0 Å². The van der Waals surface area contributed by atoms with Crippen LogP contribution in [0.5, 0.6) is 0 Å². The van der Waals surface area contributed by atoms with Crippen LogP contribution in [0.3, 0.4) is 0 Å². The Balaban J connectivity index is 2.24. The Morgan fingerprint density at radius 1 is 0.905 bits per heavy atom. The first-order chi connectivity index (χ1) is 10.1. The summed E-state index contributed by atoms with van der Waals surface area (Å²) >= 11 is 0. The first-order valence-electron chi connectivity index (χ1n) is 6.70. The number of hydrogen-bond acceptors (Lipinski definition) is 7. The van der Waals surface area contributed by atoms with Crippen molar-refractivity contribution in [2.45, 2.75) is 36.8 Å². The molecule has 0 saturated carbocycles. The molecule has 118 valence electrons. The topological polar surface area (TPSA) is 120 Å². The van der Waals surface area contributed by atoms with E-state index in [2.05, 4.69) is 0 Å². The number of aliphatic hydroxyl groups is 5. The zero-order chi connectivity index (χ0) is 15.4. The number of benzene rings is 1. The van der Waals surface area contributed by atoms with Crippen molar-refractivity contribution in [3.63, 3.8) is 0 Å². The normalized spacial score (nSPS) is 32.6. The second-order valence-corrected chi connectivity index (χ2v) is 4.93. The Morgan fingerprint density at radius 2 is 1.38 bits per heavy atom. The number of ether oxygens (including phenoxy) is 2. The summed E-state index contributed by atoms with van der Waals surface area (Å²) in [5, 5.41) is 47.7. The van der Waals surface area contributed by atoms with Gasteiger partial charge in [0.05, 0.1) is 13.2 Å². The van der Waals surface area contributed by atoms with Gasteiger partial charge < -0.3 is 35.0 Å². The van der Waals surface area contributed by atoms with Crippen LogP contribution in [-0.2, 0) is 9.47 Å². The molecule has 1 aliphatic rings. The molecule has 0 aliphatic carbocycles. The molecule has 5 N–H and O–H groups in total. The first-order valence-corrected chi connectivity index (χ1v) is 6.70. The molecule has 1 fully saturated rings. The SMILES string of the molecule is OC[C@@H](O)[C@H]1OC(c2ccccc2)O[C@H]([C@H](O)CO)C1O. The smallest absolute Gasteiger partial charge is 0.184 e. The van der Waals surface area contributed by atoms with E-state index in [0.717, 1.165) is 0 Å². The number of aliphatic hydroxyl groups excluding tert-OH is 5. The molecule has 0 aromatic heterocycles. The second kappa shape index (κ2) is 7.28. The highest BCUT2D eigenvalue weighted by molar-refractivity contribution is 5.17. The predicted octanol–water partition coefficient (Wildman–Crippen LogP) is -1.46. The molecule has 1 aromatic rings. The standard InChI is InChI=1S/C14H20O7/c15-6-9(17)12-11(19)13(10(18)7-16)21-14(20-12)8-4-2-1-3-5-8/h1-5,9-19H,6-7H2/t9-,10-,11?,12-,13-,14?/m1/s1. The molecule has 0 spiro atoms. The van der Waals surface area contributed by atoms with E-state index in [0.29, 0.717) is 5.56 Å². The fourth-order valence-corrected chi connectivity index (χ4v) is 2.28. The molecule has 7 nitrogen and oxygen atoms in total. The molecule has 21 heavy (non-hydrogen) atoms. The molecular formula is C14H20O7. The van der Waals surface area contributed by atoms with Gasteiger partial charge in [0.15, 0.2) is 6.29 Å². The minimum atomic E-state index is -1.38. The quantitative estimate of drug-likeness (QED) is 0.450. The van der Waals surface area contributed by atoms with Crippen LogP contribution in [0.4, 0.5) is 0 Å². The molecule has 0 unspecified atom stereocenters. The van der Waals surface area contributed by atoms with Gasteiger partial charge in [0.1, 0.15) is 30.5 Å². The third-order valence-electron chi connectivity index (χ3n) is 3.44. The van der Waals surface area contributed by atoms with Crippen LogP contribution in [0.1, 0.15) is 11.9 Å². The van der Waals surface area contributed by atoms with E-state index in [1.54, 1.807) is 30.3 Å². The van der Waals surface area contributed by atoms with Gasteiger partial charge in [-0.2, -0.15) is 0 Å². The molecular weight excluding hydrogens is 280 g/mol. The van der Waals surface area contributed by atoms with Gasteiger partial charge in [0.25, 0.3) is 0 Å². The highest BCUT2D eigenvalue weighted by Crippen LogP contribution is 2.32. The van der Waals surface area contributed by atoms with Crippen LogP contribution in [0, 0.1) is 0 Å². The molecule has 1 aliphatic heterocycles. The van der Waals surface area contributed by atoms with Crippen molar-refractivity contribution in [3.05, 3.63) is 35.9 Å². The van der Waals surface area contributed by atoms with Crippen molar-refractivity contribution < 1.29 is 35.0 Å². The van der Waals surface area contributed by atoms with Crippen molar-refractivity contribution in [1.82, 2.24) is 0 Å². The van der Waals surface area contributed by atoms with Crippen molar-refractivity contribution >= 4 is 0 Å². The fraction of sp³-hybridized carbons (Fsp3) is 0.571. The van der Waals surface area contributed by atoms with E-state index in [9.17, 15) is 15.3 Å². The van der Waals surface area contributed by atoms with E-state index >= 15 is 0 Å². The lowest BCUT2D eigenvalue weighted by molar-refractivity contribution is -0.321. The predicted molar refractivity (Wildman–Crippen MR) is 71.1 cm³/mol. The molecule has 0 bridgehead atoms. The van der Waals surface area contributed by atoms with E-state index in [1.165, 1.54) is 0 Å². The van der Waals surface area contributed by atoms with Crippen molar-refractivity contribution in [2.24, 2.45) is 0 Å². The van der Waals surface area contributed by atoms with Crippen LogP contribution >= 0.6 is 0 Å². The van der Waals surface area contributed by atoms with E-state index in [1.807, 2.05) is 0 Å². The van der Waals surface area contributed by atoms with Crippen molar-refractivity contribution in [2.75, 3.05) is 13.2 Å². The molecule has 4 atom stereocenters. The van der Waals surface area contributed by atoms with Gasteiger partial charge in [-0.1, -0.05) is 30.3 Å². The minimum absolute atomic E-state index is 0.606. The molecule has 1 heterocycles. The van der Waals surface area contributed by atoms with Crippen molar-refractivity contribution in [1.29, 1.82) is 0 Å². The summed E-state index contributed by atoms with van der Waals surface area (Å²) in [6.45, 7) is -1.21. The highest BCUT2D eigenvalue weighted by Gasteiger charge is 2.45. The van der Waals surface area contributed by atoms with Gasteiger partial charge in [-0.25, -0.2) is 0 Å². The summed E-state index contributed by atoms with van der Waals surface area (Å²) in [6, 6.07) is 8.80. The van der Waals surface area contributed by atoms with Crippen LogP contribution in [0.25, 0.3) is 0 Å². The maximum atomic E-state index is 10.1. The van der Waals surface area contributed by atoms with Crippen LogP contribution in [0.2, 0.25) is 0 Å². The van der Waals surface area contributed by atoms with Crippen molar-refractivity contribution in [3.8, 4) is 0 Å². The molecule has 7 heteroatoms. The Kier molecular flexibility index (Phi) is 5.65.